The van der Waals surface area contributed by atoms with Crippen LogP contribution in [0.15, 0.2) is 24.3 Å². The molecule has 98 valence electrons. The largest absolute Gasteiger partial charge is 0.366 e. The first-order valence-corrected chi connectivity index (χ1v) is 6.95. The highest BCUT2D eigenvalue weighted by Crippen LogP contribution is 2.27. The zero-order chi connectivity index (χ0) is 13.2. The van der Waals surface area contributed by atoms with Gasteiger partial charge in [-0.1, -0.05) is 29.8 Å². The van der Waals surface area contributed by atoms with E-state index in [1.54, 1.807) is 0 Å². The van der Waals surface area contributed by atoms with Crippen LogP contribution < -0.4 is 5.32 Å². The molecule has 1 aromatic carbocycles. The molecule has 2 aromatic rings. The van der Waals surface area contributed by atoms with Crippen LogP contribution in [0.25, 0.3) is 0 Å². The van der Waals surface area contributed by atoms with Gasteiger partial charge in [0, 0.05) is 22.8 Å². The van der Waals surface area contributed by atoms with E-state index in [-0.39, 0.29) is 0 Å². The Kier molecular flexibility index (Phi) is 3.38. The third kappa shape index (κ3) is 2.56. The van der Waals surface area contributed by atoms with E-state index in [4.69, 9.17) is 11.6 Å². The number of aryl methyl sites for hydroxylation is 2. The number of aromatic nitrogens is 2. The highest BCUT2D eigenvalue weighted by atomic mass is 35.5. The van der Waals surface area contributed by atoms with Crippen molar-refractivity contribution in [1.29, 1.82) is 0 Å². The molecule has 0 saturated heterocycles. The van der Waals surface area contributed by atoms with Gasteiger partial charge in [-0.15, -0.1) is 0 Å². The van der Waals surface area contributed by atoms with Gasteiger partial charge >= 0.3 is 0 Å². The van der Waals surface area contributed by atoms with E-state index in [2.05, 4.69) is 15.3 Å². The molecule has 1 N–H and O–H groups in total. The van der Waals surface area contributed by atoms with Crippen molar-refractivity contribution in [1.82, 2.24) is 9.97 Å². The van der Waals surface area contributed by atoms with Crippen LogP contribution in [0.4, 0.5) is 5.82 Å². The van der Waals surface area contributed by atoms with E-state index < -0.39 is 0 Å². The van der Waals surface area contributed by atoms with Gasteiger partial charge in [-0.2, -0.15) is 0 Å². The predicted octanol–water partition coefficient (Wildman–Crippen LogP) is 3.54. The number of nitrogens with zero attached hydrogens (tertiary/aromatic N) is 2. The molecule has 4 heteroatoms. The van der Waals surface area contributed by atoms with Crippen LogP contribution in [0.3, 0.4) is 0 Å². The van der Waals surface area contributed by atoms with E-state index in [9.17, 15) is 0 Å². The summed E-state index contributed by atoms with van der Waals surface area (Å²) in [5.41, 5.74) is 3.57. The Morgan fingerprint density at radius 3 is 2.89 bits per heavy atom. The Balaban J connectivity index is 1.83. The van der Waals surface area contributed by atoms with Gasteiger partial charge in [-0.25, -0.2) is 9.97 Å². The van der Waals surface area contributed by atoms with Crippen LogP contribution in [0, 0.1) is 6.92 Å². The molecule has 1 aliphatic carbocycles. The molecule has 1 aliphatic rings. The Bertz CT molecular complexity index is 610. The number of rotatable bonds is 3. The summed E-state index contributed by atoms with van der Waals surface area (Å²) in [6.07, 6.45) is 3.31. The lowest BCUT2D eigenvalue weighted by molar-refractivity contribution is 0.895. The number of anilines is 1. The summed E-state index contributed by atoms with van der Waals surface area (Å²) in [6.45, 7) is 2.64. The second-order valence-corrected chi connectivity index (χ2v) is 5.25. The van der Waals surface area contributed by atoms with Crippen molar-refractivity contribution in [3.63, 3.8) is 0 Å². The molecule has 0 radical (unpaired) electrons. The molecule has 0 fully saturated rings. The molecule has 3 rings (SSSR count). The van der Waals surface area contributed by atoms with Crippen molar-refractivity contribution in [2.24, 2.45) is 0 Å². The first-order chi connectivity index (χ1) is 9.24. The maximum atomic E-state index is 6.17. The lowest BCUT2D eigenvalue weighted by Crippen LogP contribution is -2.07. The second kappa shape index (κ2) is 5.17. The average molecular weight is 274 g/mol. The van der Waals surface area contributed by atoms with Crippen molar-refractivity contribution in [3.05, 3.63) is 51.9 Å². The zero-order valence-electron chi connectivity index (χ0n) is 10.9. The van der Waals surface area contributed by atoms with Crippen LogP contribution in [0.1, 0.15) is 29.1 Å². The standard InChI is InChI=1S/C15H16ClN3/c1-10-18-14-8-4-6-12(14)15(19-10)17-9-11-5-2-3-7-13(11)16/h2-3,5,7H,4,6,8-9H2,1H3,(H,17,18,19). The fourth-order valence-corrected chi connectivity index (χ4v) is 2.73. The summed E-state index contributed by atoms with van der Waals surface area (Å²) < 4.78 is 0. The summed E-state index contributed by atoms with van der Waals surface area (Å²) in [5.74, 6) is 1.81. The molecular weight excluding hydrogens is 258 g/mol. The number of nitrogens with one attached hydrogen (secondary N) is 1. The number of hydrogen-bond acceptors (Lipinski definition) is 3. The molecule has 3 nitrogen and oxygen atoms in total. The maximum Gasteiger partial charge on any atom is 0.133 e. The molecular formula is C15H16ClN3. The first-order valence-electron chi connectivity index (χ1n) is 6.57. The van der Waals surface area contributed by atoms with Crippen LogP contribution in [0.5, 0.6) is 0 Å². The quantitative estimate of drug-likeness (QED) is 0.929. The Morgan fingerprint density at radius 1 is 1.21 bits per heavy atom. The molecule has 0 bridgehead atoms. The van der Waals surface area contributed by atoms with Crippen molar-refractivity contribution in [2.75, 3.05) is 5.32 Å². The highest BCUT2D eigenvalue weighted by molar-refractivity contribution is 6.31. The van der Waals surface area contributed by atoms with Crippen molar-refractivity contribution in [3.8, 4) is 0 Å². The topological polar surface area (TPSA) is 37.8 Å². The van der Waals surface area contributed by atoms with Crippen LogP contribution in [0.2, 0.25) is 5.02 Å². The fraction of sp³-hybridized carbons (Fsp3) is 0.333. The monoisotopic (exact) mass is 273 g/mol. The molecule has 19 heavy (non-hydrogen) atoms. The van der Waals surface area contributed by atoms with E-state index in [1.165, 1.54) is 17.7 Å². The summed E-state index contributed by atoms with van der Waals surface area (Å²) >= 11 is 6.17. The fourth-order valence-electron chi connectivity index (χ4n) is 2.52. The molecule has 0 amide bonds. The third-order valence-corrected chi connectivity index (χ3v) is 3.82. The minimum Gasteiger partial charge on any atom is -0.366 e. The van der Waals surface area contributed by atoms with Crippen LogP contribution >= 0.6 is 11.6 Å². The summed E-state index contributed by atoms with van der Waals surface area (Å²) in [5, 5.41) is 4.20. The first kappa shape index (κ1) is 12.4. The number of halogens is 1. The number of hydrogen-bond donors (Lipinski definition) is 1. The normalized spacial score (nSPS) is 13.4. The minimum atomic E-state index is 0.697. The maximum absolute atomic E-state index is 6.17. The molecule has 0 saturated carbocycles. The van der Waals surface area contributed by atoms with E-state index in [0.717, 1.165) is 35.1 Å². The van der Waals surface area contributed by atoms with Gasteiger partial charge in [0.05, 0.1) is 0 Å². The summed E-state index contributed by atoms with van der Waals surface area (Å²) in [6, 6.07) is 7.88. The third-order valence-electron chi connectivity index (χ3n) is 3.45. The van der Waals surface area contributed by atoms with Gasteiger partial charge in [0.2, 0.25) is 0 Å². The van der Waals surface area contributed by atoms with Crippen LogP contribution in [-0.4, -0.2) is 9.97 Å². The van der Waals surface area contributed by atoms with Gasteiger partial charge in [0.25, 0.3) is 0 Å². The minimum absolute atomic E-state index is 0.697. The van der Waals surface area contributed by atoms with Gasteiger partial charge < -0.3 is 5.32 Å². The average Bonchev–Trinajstić information content (AvgIpc) is 2.85. The zero-order valence-corrected chi connectivity index (χ0v) is 11.7. The van der Waals surface area contributed by atoms with Gasteiger partial charge in [-0.05, 0) is 37.8 Å². The molecule has 0 atom stereocenters. The van der Waals surface area contributed by atoms with Gasteiger partial charge in [-0.3, -0.25) is 0 Å². The lowest BCUT2D eigenvalue weighted by atomic mass is 10.2. The molecule has 0 aliphatic heterocycles. The smallest absolute Gasteiger partial charge is 0.133 e. The molecule has 1 heterocycles. The van der Waals surface area contributed by atoms with E-state index in [0.29, 0.717) is 6.54 Å². The van der Waals surface area contributed by atoms with Crippen molar-refractivity contribution >= 4 is 17.4 Å². The lowest BCUT2D eigenvalue weighted by Gasteiger charge is -2.11. The second-order valence-electron chi connectivity index (χ2n) is 4.84. The van der Waals surface area contributed by atoms with Gasteiger partial charge in [0.1, 0.15) is 11.6 Å². The molecule has 0 spiro atoms. The van der Waals surface area contributed by atoms with E-state index >= 15 is 0 Å². The molecule has 0 unspecified atom stereocenters. The van der Waals surface area contributed by atoms with Gasteiger partial charge in [0.15, 0.2) is 0 Å². The van der Waals surface area contributed by atoms with Crippen LogP contribution in [-0.2, 0) is 19.4 Å². The SMILES string of the molecule is Cc1nc2c(c(NCc3ccccc3Cl)n1)CCC2. The highest BCUT2D eigenvalue weighted by Gasteiger charge is 2.18. The number of fused-ring (bicyclic) bond motifs is 1. The van der Waals surface area contributed by atoms with Crippen molar-refractivity contribution < 1.29 is 0 Å². The van der Waals surface area contributed by atoms with E-state index in [1.807, 2.05) is 31.2 Å². The number of benzene rings is 1. The Labute approximate surface area is 118 Å². The van der Waals surface area contributed by atoms with Crippen molar-refractivity contribution in [2.45, 2.75) is 32.7 Å². The summed E-state index contributed by atoms with van der Waals surface area (Å²) in [4.78, 5) is 9.03. The predicted molar refractivity (Wildman–Crippen MR) is 77.6 cm³/mol. The molecule has 1 aromatic heterocycles. The Morgan fingerprint density at radius 2 is 2.05 bits per heavy atom. The Hall–Kier alpha value is -1.61. The summed E-state index contributed by atoms with van der Waals surface area (Å²) in [7, 11) is 0.